The molecule has 2 aromatic heterocycles. The van der Waals surface area contributed by atoms with Gasteiger partial charge in [0.15, 0.2) is 0 Å². The first-order chi connectivity index (χ1) is 12.6. The van der Waals surface area contributed by atoms with Crippen molar-refractivity contribution in [3.05, 3.63) is 53.6 Å². The summed E-state index contributed by atoms with van der Waals surface area (Å²) in [6.07, 6.45) is 6.14. The molecule has 1 aromatic carbocycles. The fourth-order valence-electron chi connectivity index (χ4n) is 3.86. The minimum absolute atomic E-state index is 0.00711. The van der Waals surface area contributed by atoms with E-state index in [9.17, 15) is 9.90 Å². The van der Waals surface area contributed by atoms with Gasteiger partial charge >= 0.3 is 6.09 Å². The van der Waals surface area contributed by atoms with Crippen LogP contribution in [0.15, 0.2) is 36.7 Å². The average molecular weight is 350 g/mol. The van der Waals surface area contributed by atoms with Gasteiger partial charge in [0, 0.05) is 37.5 Å². The predicted octanol–water partition coefficient (Wildman–Crippen LogP) is 3.57. The summed E-state index contributed by atoms with van der Waals surface area (Å²) in [6, 6.07) is 7.96. The summed E-state index contributed by atoms with van der Waals surface area (Å²) in [4.78, 5) is 22.1. The number of aryl methyl sites for hydroxylation is 4. The number of rotatable bonds is 3. The van der Waals surface area contributed by atoms with Gasteiger partial charge in [0.1, 0.15) is 5.82 Å². The van der Waals surface area contributed by atoms with Gasteiger partial charge in [0.2, 0.25) is 0 Å². The Morgan fingerprint density at radius 3 is 2.73 bits per heavy atom. The van der Waals surface area contributed by atoms with Crippen molar-refractivity contribution < 1.29 is 9.90 Å². The van der Waals surface area contributed by atoms with Crippen molar-refractivity contribution in [1.82, 2.24) is 14.5 Å². The molecule has 3 heterocycles. The van der Waals surface area contributed by atoms with E-state index in [4.69, 9.17) is 4.98 Å². The van der Waals surface area contributed by atoms with E-state index in [2.05, 4.69) is 9.55 Å². The molecule has 6 nitrogen and oxygen atoms in total. The van der Waals surface area contributed by atoms with Gasteiger partial charge < -0.3 is 9.67 Å². The molecular weight excluding hydrogens is 328 g/mol. The second-order valence-electron chi connectivity index (χ2n) is 6.91. The molecule has 1 N–H and O–H groups in total. The van der Waals surface area contributed by atoms with E-state index in [0.29, 0.717) is 0 Å². The van der Waals surface area contributed by atoms with E-state index in [-0.39, 0.29) is 6.04 Å². The quantitative estimate of drug-likeness (QED) is 0.784. The lowest BCUT2D eigenvalue weighted by Gasteiger charge is -2.33. The lowest BCUT2D eigenvalue weighted by Crippen LogP contribution is -2.41. The summed E-state index contributed by atoms with van der Waals surface area (Å²) in [5.41, 5.74) is 5.07. The standard InChI is InChI=1S/C20H22N4O2/c1-13-3-5-15-16(24(13)20(25)26)6-7-17-19(15)22-18(23(17)2)8-4-14-9-11-21-12-10-14/h6-7,9-13H,3-5,8H2,1-2H3,(H,25,26). The summed E-state index contributed by atoms with van der Waals surface area (Å²) in [7, 11) is 2.03. The fraction of sp³-hybridized carbons (Fsp3) is 0.350. The maximum absolute atomic E-state index is 11.7. The van der Waals surface area contributed by atoms with Gasteiger partial charge in [-0.3, -0.25) is 9.88 Å². The Morgan fingerprint density at radius 2 is 2.00 bits per heavy atom. The molecule has 0 aliphatic carbocycles. The van der Waals surface area contributed by atoms with Crippen molar-refractivity contribution in [2.75, 3.05) is 4.90 Å². The second-order valence-corrected chi connectivity index (χ2v) is 6.91. The highest BCUT2D eigenvalue weighted by Crippen LogP contribution is 2.36. The molecule has 0 saturated heterocycles. The number of anilines is 1. The summed E-state index contributed by atoms with van der Waals surface area (Å²) in [5, 5.41) is 9.59. The zero-order chi connectivity index (χ0) is 18.3. The highest BCUT2D eigenvalue weighted by Gasteiger charge is 2.30. The highest BCUT2D eigenvalue weighted by molar-refractivity contribution is 5.94. The summed E-state index contributed by atoms with van der Waals surface area (Å²) < 4.78 is 2.12. The number of imidazole rings is 1. The van der Waals surface area contributed by atoms with Gasteiger partial charge in [-0.2, -0.15) is 0 Å². The van der Waals surface area contributed by atoms with Crippen molar-refractivity contribution in [1.29, 1.82) is 0 Å². The molecule has 1 unspecified atom stereocenters. The number of carbonyl (C=O) groups is 1. The van der Waals surface area contributed by atoms with Gasteiger partial charge in [-0.15, -0.1) is 0 Å². The molecular formula is C20H22N4O2. The van der Waals surface area contributed by atoms with Gasteiger partial charge in [-0.1, -0.05) is 0 Å². The van der Waals surface area contributed by atoms with Crippen LogP contribution in [-0.2, 0) is 26.3 Å². The number of hydrogen-bond donors (Lipinski definition) is 1. The Kier molecular flexibility index (Phi) is 4.11. The molecule has 1 atom stereocenters. The molecule has 1 amide bonds. The van der Waals surface area contributed by atoms with Crippen molar-refractivity contribution in [3.63, 3.8) is 0 Å². The number of benzene rings is 1. The maximum atomic E-state index is 11.7. The number of fused-ring (bicyclic) bond motifs is 3. The summed E-state index contributed by atoms with van der Waals surface area (Å²) in [5.74, 6) is 1.02. The number of pyridine rings is 1. The maximum Gasteiger partial charge on any atom is 0.412 e. The number of aromatic nitrogens is 3. The van der Waals surface area contributed by atoms with Crippen LogP contribution in [0.3, 0.4) is 0 Å². The van der Waals surface area contributed by atoms with Gasteiger partial charge in [-0.05, 0) is 56.0 Å². The third-order valence-corrected chi connectivity index (χ3v) is 5.33. The fourth-order valence-corrected chi connectivity index (χ4v) is 3.86. The minimum atomic E-state index is -0.897. The Bertz CT molecular complexity index is 965. The molecule has 1 aliphatic rings. The Hall–Kier alpha value is -2.89. The third kappa shape index (κ3) is 2.71. The van der Waals surface area contributed by atoms with Crippen molar-refractivity contribution in [2.45, 2.75) is 38.6 Å². The van der Waals surface area contributed by atoms with Crippen LogP contribution < -0.4 is 4.90 Å². The third-order valence-electron chi connectivity index (χ3n) is 5.33. The molecule has 0 saturated carbocycles. The van der Waals surface area contributed by atoms with Crippen LogP contribution in [-0.4, -0.2) is 31.8 Å². The van der Waals surface area contributed by atoms with Crippen LogP contribution in [0.5, 0.6) is 0 Å². The first kappa shape index (κ1) is 16.6. The van der Waals surface area contributed by atoms with Gasteiger partial charge in [-0.25, -0.2) is 9.78 Å². The van der Waals surface area contributed by atoms with E-state index in [1.165, 1.54) is 10.5 Å². The lowest BCUT2D eigenvalue weighted by molar-refractivity contribution is 0.198. The largest absolute Gasteiger partial charge is 0.465 e. The Labute approximate surface area is 152 Å². The zero-order valence-electron chi connectivity index (χ0n) is 15.0. The van der Waals surface area contributed by atoms with Crippen LogP contribution >= 0.6 is 0 Å². The molecule has 3 aromatic rings. The van der Waals surface area contributed by atoms with Crippen LogP contribution in [0.4, 0.5) is 10.5 Å². The summed E-state index contributed by atoms with van der Waals surface area (Å²) in [6.45, 7) is 1.96. The van der Waals surface area contributed by atoms with E-state index < -0.39 is 6.09 Å². The smallest absolute Gasteiger partial charge is 0.412 e. The molecule has 1 aliphatic heterocycles. The topological polar surface area (TPSA) is 71.2 Å². The number of carboxylic acid groups (broad SMARTS) is 1. The van der Waals surface area contributed by atoms with E-state index in [1.807, 2.05) is 50.6 Å². The van der Waals surface area contributed by atoms with Crippen LogP contribution in [0, 0.1) is 0 Å². The van der Waals surface area contributed by atoms with E-state index >= 15 is 0 Å². The van der Waals surface area contributed by atoms with Crippen molar-refractivity contribution in [3.8, 4) is 0 Å². The normalized spacial score (nSPS) is 16.7. The molecule has 6 heteroatoms. The first-order valence-electron chi connectivity index (χ1n) is 8.94. The Balaban J connectivity index is 1.72. The molecule has 4 rings (SSSR count). The monoisotopic (exact) mass is 350 g/mol. The average Bonchev–Trinajstić information content (AvgIpc) is 2.96. The van der Waals surface area contributed by atoms with Gasteiger partial charge in [0.05, 0.1) is 16.7 Å². The molecule has 0 spiro atoms. The van der Waals surface area contributed by atoms with E-state index in [1.54, 1.807) is 0 Å². The number of hydrogen-bond acceptors (Lipinski definition) is 3. The van der Waals surface area contributed by atoms with Gasteiger partial charge in [0.25, 0.3) is 0 Å². The summed E-state index contributed by atoms with van der Waals surface area (Å²) >= 11 is 0. The molecule has 26 heavy (non-hydrogen) atoms. The van der Waals surface area contributed by atoms with Crippen LogP contribution in [0.25, 0.3) is 11.0 Å². The zero-order valence-corrected chi connectivity index (χ0v) is 15.0. The molecule has 0 radical (unpaired) electrons. The number of amides is 1. The number of nitrogens with zero attached hydrogens (tertiary/aromatic N) is 4. The van der Waals surface area contributed by atoms with Crippen molar-refractivity contribution in [2.24, 2.45) is 7.05 Å². The van der Waals surface area contributed by atoms with Crippen LogP contribution in [0.1, 0.15) is 30.3 Å². The molecule has 134 valence electrons. The minimum Gasteiger partial charge on any atom is -0.465 e. The second kappa shape index (κ2) is 6.44. The predicted molar refractivity (Wildman–Crippen MR) is 101 cm³/mol. The first-order valence-corrected chi connectivity index (χ1v) is 8.94. The molecule has 0 bridgehead atoms. The lowest BCUT2D eigenvalue weighted by atomic mass is 9.96. The van der Waals surface area contributed by atoms with Crippen molar-refractivity contribution >= 4 is 22.8 Å². The Morgan fingerprint density at radius 1 is 1.23 bits per heavy atom. The van der Waals surface area contributed by atoms with E-state index in [0.717, 1.165) is 53.8 Å². The molecule has 0 fully saturated rings. The van der Waals surface area contributed by atoms with Crippen LogP contribution in [0.2, 0.25) is 0 Å². The highest BCUT2D eigenvalue weighted by atomic mass is 16.4. The SMILES string of the molecule is CC1CCc2c(ccc3c2nc(CCc2ccncc2)n3C)N1C(=O)O.